The first-order chi connectivity index (χ1) is 14.1. The first-order valence-electron chi connectivity index (χ1n) is 9.45. The van der Waals surface area contributed by atoms with Gasteiger partial charge in [-0.3, -0.25) is 4.79 Å². The Morgan fingerprint density at radius 3 is 2.47 bits per heavy atom. The zero-order valence-corrected chi connectivity index (χ0v) is 17.3. The fraction of sp³-hybridized carbons (Fsp3) is 0.348. The van der Waals surface area contributed by atoms with Crippen LogP contribution in [0.5, 0.6) is 11.5 Å². The van der Waals surface area contributed by atoms with Crippen LogP contribution < -0.4 is 4.74 Å². The maximum absolute atomic E-state index is 13.4. The Kier molecular flexibility index (Phi) is 6.46. The highest BCUT2D eigenvalue weighted by molar-refractivity contribution is 6.30. The first-order valence-corrected chi connectivity index (χ1v) is 9.83. The number of ether oxygens (including phenoxy) is 2. The van der Waals surface area contributed by atoms with E-state index in [1.807, 2.05) is 30.3 Å². The Morgan fingerprint density at radius 2 is 1.80 bits per heavy atom. The van der Waals surface area contributed by atoms with Crippen LogP contribution in [0, 0.1) is 17.3 Å². The summed E-state index contributed by atoms with van der Waals surface area (Å²) in [6.45, 7) is 1.65. The zero-order valence-electron chi connectivity index (χ0n) is 16.6. The van der Waals surface area contributed by atoms with Gasteiger partial charge in [0.25, 0.3) is 0 Å². The smallest absolute Gasteiger partial charge is 0.310 e. The van der Waals surface area contributed by atoms with Gasteiger partial charge in [-0.15, -0.1) is 0 Å². The summed E-state index contributed by atoms with van der Waals surface area (Å²) in [6.07, 6.45) is 1.07. The van der Waals surface area contributed by atoms with Gasteiger partial charge in [0.05, 0.1) is 11.0 Å². The number of rotatable bonds is 8. The molecule has 3 rings (SSSR count). The summed E-state index contributed by atoms with van der Waals surface area (Å²) >= 11 is 5.57. The van der Waals surface area contributed by atoms with Crippen molar-refractivity contribution in [3.63, 3.8) is 0 Å². The molecular weight excluding hydrogens is 417 g/mol. The van der Waals surface area contributed by atoms with Crippen LogP contribution in [0.25, 0.3) is 0 Å². The van der Waals surface area contributed by atoms with Crippen LogP contribution in [0.2, 0.25) is 0 Å². The molecule has 1 aliphatic rings. The highest BCUT2D eigenvalue weighted by Gasteiger charge is 2.62. The molecule has 2 aromatic carbocycles. The van der Waals surface area contributed by atoms with Crippen LogP contribution in [0.1, 0.15) is 19.4 Å². The predicted octanol–water partition coefficient (Wildman–Crippen LogP) is 6.52. The summed E-state index contributed by atoms with van der Waals surface area (Å²) in [4.78, 5) is 12.5. The molecule has 0 saturated heterocycles. The van der Waals surface area contributed by atoms with Gasteiger partial charge in [-0.05, 0) is 41.2 Å². The summed E-state index contributed by atoms with van der Waals surface area (Å²) in [5, 5.41) is -0.885. The second kappa shape index (κ2) is 8.72. The number of halogens is 4. The van der Waals surface area contributed by atoms with E-state index in [-0.39, 0.29) is 6.61 Å². The molecule has 2 atom stereocenters. The Bertz CT molecular complexity index is 928. The Hall–Kier alpha value is -2.47. The van der Waals surface area contributed by atoms with Gasteiger partial charge in [-0.2, -0.15) is 8.78 Å². The van der Waals surface area contributed by atoms with Crippen LogP contribution >= 0.6 is 11.6 Å². The zero-order chi connectivity index (χ0) is 21.9. The Labute approximate surface area is 178 Å². The quantitative estimate of drug-likeness (QED) is 0.440. The first kappa shape index (κ1) is 22.2. The average molecular weight is 439 g/mol. The van der Waals surface area contributed by atoms with Crippen LogP contribution in [-0.4, -0.2) is 18.6 Å². The van der Waals surface area contributed by atoms with Crippen molar-refractivity contribution < 1.29 is 27.4 Å². The number of benzene rings is 2. The molecular formula is C23H22ClF3O3. The van der Waals surface area contributed by atoms with Gasteiger partial charge in [0.15, 0.2) is 6.67 Å². The van der Waals surface area contributed by atoms with E-state index in [1.54, 1.807) is 38.1 Å². The summed E-state index contributed by atoms with van der Waals surface area (Å²) in [6, 6.07) is 16.4. The van der Waals surface area contributed by atoms with E-state index in [4.69, 9.17) is 21.1 Å². The molecule has 2 aromatic rings. The molecule has 1 fully saturated rings. The molecule has 0 spiro atoms. The Morgan fingerprint density at radius 1 is 1.13 bits per heavy atom. The maximum atomic E-state index is 13.4. The van der Waals surface area contributed by atoms with Crippen molar-refractivity contribution in [3.8, 4) is 11.5 Å². The van der Waals surface area contributed by atoms with E-state index in [2.05, 4.69) is 0 Å². The fourth-order valence-corrected chi connectivity index (χ4v) is 3.54. The van der Waals surface area contributed by atoms with Crippen molar-refractivity contribution in [3.05, 3.63) is 71.3 Å². The number of esters is 1. The molecule has 30 heavy (non-hydrogen) atoms. The van der Waals surface area contributed by atoms with E-state index < -0.39 is 40.8 Å². The molecule has 0 N–H and O–H groups in total. The van der Waals surface area contributed by atoms with Gasteiger partial charge in [-0.25, -0.2) is 4.39 Å². The fourth-order valence-electron chi connectivity index (χ4n) is 3.35. The summed E-state index contributed by atoms with van der Waals surface area (Å²) in [5.74, 6) is -4.13. The van der Waals surface area contributed by atoms with Crippen LogP contribution in [0.4, 0.5) is 13.2 Å². The number of alkyl halides is 3. The minimum atomic E-state index is -3.74. The molecule has 0 heterocycles. The third-order valence-electron chi connectivity index (χ3n) is 5.27. The van der Waals surface area contributed by atoms with Gasteiger partial charge in [0.1, 0.15) is 18.1 Å². The van der Waals surface area contributed by atoms with Gasteiger partial charge in [0, 0.05) is 0 Å². The second-order valence-corrected chi connectivity index (χ2v) is 8.25. The molecule has 0 radical (unpaired) electrons. The van der Waals surface area contributed by atoms with Crippen molar-refractivity contribution in [2.24, 2.45) is 17.3 Å². The van der Waals surface area contributed by atoms with Crippen LogP contribution in [0.3, 0.4) is 0 Å². The third-order valence-corrected chi connectivity index (χ3v) is 5.67. The van der Waals surface area contributed by atoms with Crippen molar-refractivity contribution in [2.45, 2.75) is 26.4 Å². The number of carbonyl (C=O) groups excluding carboxylic acids is 1. The van der Waals surface area contributed by atoms with Crippen molar-refractivity contribution in [1.29, 1.82) is 0 Å². The van der Waals surface area contributed by atoms with E-state index in [1.165, 1.54) is 0 Å². The van der Waals surface area contributed by atoms with E-state index in [0.717, 1.165) is 11.6 Å². The molecule has 1 saturated carbocycles. The lowest BCUT2D eigenvalue weighted by atomic mass is 10.1. The Balaban J connectivity index is 1.61. The number of para-hydroxylation sites is 1. The molecule has 160 valence electrons. The molecule has 2 unspecified atom stereocenters. The van der Waals surface area contributed by atoms with E-state index in [9.17, 15) is 18.0 Å². The molecule has 3 nitrogen and oxygen atoms in total. The maximum Gasteiger partial charge on any atom is 0.310 e. The SMILES string of the molecule is CC1(C)C(/C=C(\Cl)C(F)(F)CF)C1C(=O)OCc1cccc(Oc2ccccc2)c1. The minimum Gasteiger partial charge on any atom is -0.461 e. The lowest BCUT2D eigenvalue weighted by Crippen LogP contribution is -2.19. The largest absolute Gasteiger partial charge is 0.461 e. The second-order valence-electron chi connectivity index (χ2n) is 7.85. The molecule has 0 aromatic heterocycles. The van der Waals surface area contributed by atoms with Gasteiger partial charge in [-0.1, -0.05) is 61.9 Å². The van der Waals surface area contributed by atoms with Crippen molar-refractivity contribution in [1.82, 2.24) is 0 Å². The lowest BCUT2D eigenvalue weighted by Gasteiger charge is -2.10. The monoisotopic (exact) mass is 438 g/mol. The lowest BCUT2D eigenvalue weighted by molar-refractivity contribution is -0.147. The predicted molar refractivity (Wildman–Crippen MR) is 108 cm³/mol. The van der Waals surface area contributed by atoms with E-state index in [0.29, 0.717) is 11.5 Å². The van der Waals surface area contributed by atoms with Crippen LogP contribution in [-0.2, 0) is 16.1 Å². The summed E-state index contributed by atoms with van der Waals surface area (Å²) in [7, 11) is 0. The van der Waals surface area contributed by atoms with Gasteiger partial charge >= 0.3 is 11.9 Å². The minimum absolute atomic E-state index is 0.0161. The van der Waals surface area contributed by atoms with Crippen molar-refractivity contribution in [2.75, 3.05) is 6.67 Å². The number of allylic oxidation sites excluding steroid dienone is 2. The average Bonchev–Trinajstić information content (AvgIpc) is 3.27. The summed E-state index contributed by atoms with van der Waals surface area (Å²) in [5.41, 5.74) is 0.131. The van der Waals surface area contributed by atoms with Crippen molar-refractivity contribution >= 4 is 17.6 Å². The number of carbonyl (C=O) groups is 1. The summed E-state index contributed by atoms with van der Waals surface area (Å²) < 4.78 is 50.3. The highest BCUT2D eigenvalue weighted by Crippen LogP contribution is 2.60. The molecule has 0 bridgehead atoms. The van der Waals surface area contributed by atoms with Crippen LogP contribution in [0.15, 0.2) is 65.7 Å². The third kappa shape index (κ3) is 4.98. The van der Waals surface area contributed by atoms with Gasteiger partial charge < -0.3 is 9.47 Å². The molecule has 0 aliphatic heterocycles. The normalized spacial score (nSPS) is 20.5. The topological polar surface area (TPSA) is 35.5 Å². The van der Waals surface area contributed by atoms with E-state index >= 15 is 0 Å². The molecule has 0 amide bonds. The van der Waals surface area contributed by atoms with Gasteiger partial charge in [0.2, 0.25) is 0 Å². The number of hydrogen-bond donors (Lipinski definition) is 0. The standard InChI is InChI=1S/C23H22ClF3O3/c1-22(2)18(12-19(24)23(26,27)14-25)20(22)21(28)29-13-15-7-6-10-17(11-15)30-16-8-4-3-5-9-16/h3-12,18,20H,13-14H2,1-2H3/b19-12-. The highest BCUT2D eigenvalue weighted by atomic mass is 35.5. The molecule has 1 aliphatic carbocycles. The number of hydrogen-bond acceptors (Lipinski definition) is 3. The molecule has 7 heteroatoms.